The van der Waals surface area contributed by atoms with Gasteiger partial charge in [-0.3, -0.25) is 15.5 Å². The average molecular weight is 295 g/mol. The lowest BCUT2D eigenvalue weighted by Gasteiger charge is -2.32. The van der Waals surface area contributed by atoms with E-state index in [0.29, 0.717) is 5.95 Å². The molecule has 1 fully saturated rings. The number of piperazine rings is 1. The fourth-order valence-corrected chi connectivity index (χ4v) is 1.98. The number of nitrogens with zero attached hydrogens (tertiary/aromatic N) is 5. The molecule has 1 aliphatic rings. The molecule has 0 amide bonds. The van der Waals surface area contributed by atoms with Crippen molar-refractivity contribution in [3.8, 4) is 0 Å². The van der Waals surface area contributed by atoms with E-state index in [0.717, 1.165) is 39.1 Å². The van der Waals surface area contributed by atoms with Gasteiger partial charge in [0.1, 0.15) is 6.20 Å². The van der Waals surface area contributed by atoms with Crippen LogP contribution in [0.1, 0.15) is 13.3 Å². The Balaban J connectivity index is 2.12. The molecule has 21 heavy (non-hydrogen) atoms. The predicted octanol–water partition coefficient (Wildman–Crippen LogP) is 0.781. The van der Waals surface area contributed by atoms with Gasteiger partial charge in [0.25, 0.3) is 0 Å². The summed E-state index contributed by atoms with van der Waals surface area (Å²) in [5.41, 5.74) is 2.93. The summed E-state index contributed by atoms with van der Waals surface area (Å²) in [4.78, 5) is 21.0. The maximum absolute atomic E-state index is 11.1. The minimum Gasteiger partial charge on any atom is -0.354 e. The summed E-state index contributed by atoms with van der Waals surface area (Å²) in [6.45, 7) is 6.15. The quantitative estimate of drug-likeness (QED) is 0.587. The van der Waals surface area contributed by atoms with Crippen LogP contribution in [0.25, 0.3) is 0 Å². The van der Waals surface area contributed by atoms with Crippen molar-refractivity contribution in [2.45, 2.75) is 13.3 Å². The van der Waals surface area contributed by atoms with Crippen molar-refractivity contribution in [1.29, 1.82) is 0 Å². The zero-order chi connectivity index (χ0) is 15.2. The maximum atomic E-state index is 11.1. The normalized spacial score (nSPS) is 16.7. The second kappa shape index (κ2) is 7.14. The van der Waals surface area contributed by atoms with Gasteiger partial charge < -0.3 is 10.2 Å². The molecule has 0 aromatic carbocycles. The summed E-state index contributed by atoms with van der Waals surface area (Å²) >= 11 is 0. The Bertz CT molecular complexity index is 488. The van der Waals surface area contributed by atoms with E-state index in [4.69, 9.17) is 0 Å². The van der Waals surface area contributed by atoms with Gasteiger partial charge in [0.05, 0.1) is 4.92 Å². The molecular weight excluding hydrogens is 274 g/mol. The highest BCUT2D eigenvalue weighted by atomic mass is 16.6. The number of anilines is 2. The number of hydrazine groups is 1. The standard InChI is InChI=1S/C12H21N7O2/c1-3-4-13-12-14-9-10(19(20)21)11(15-12)16-18-7-5-17(2)6-8-18/h9H,3-8H2,1-2H3,(H2,13,14,15,16). The molecule has 0 saturated carbocycles. The summed E-state index contributed by atoms with van der Waals surface area (Å²) in [5, 5.41) is 16.1. The molecule has 0 bridgehead atoms. The highest BCUT2D eigenvalue weighted by molar-refractivity contribution is 5.56. The molecular formula is C12H21N7O2. The smallest absolute Gasteiger partial charge is 0.330 e. The second-order valence-electron chi connectivity index (χ2n) is 5.01. The zero-order valence-electron chi connectivity index (χ0n) is 12.4. The van der Waals surface area contributed by atoms with Gasteiger partial charge in [-0.2, -0.15) is 4.98 Å². The molecule has 1 aromatic rings. The van der Waals surface area contributed by atoms with Crippen molar-refractivity contribution < 1.29 is 4.92 Å². The van der Waals surface area contributed by atoms with Crippen LogP contribution < -0.4 is 10.7 Å². The summed E-state index contributed by atoms with van der Waals surface area (Å²) in [6.07, 6.45) is 2.17. The Morgan fingerprint density at radius 1 is 1.38 bits per heavy atom. The van der Waals surface area contributed by atoms with Crippen molar-refractivity contribution >= 4 is 17.5 Å². The van der Waals surface area contributed by atoms with Gasteiger partial charge in [-0.05, 0) is 13.5 Å². The van der Waals surface area contributed by atoms with Crippen LogP contribution in [0, 0.1) is 10.1 Å². The Kier molecular flexibility index (Phi) is 5.23. The fraction of sp³-hybridized carbons (Fsp3) is 0.667. The van der Waals surface area contributed by atoms with Crippen molar-refractivity contribution in [2.24, 2.45) is 0 Å². The third-order valence-corrected chi connectivity index (χ3v) is 3.27. The molecule has 1 saturated heterocycles. The first-order chi connectivity index (χ1) is 10.1. The van der Waals surface area contributed by atoms with E-state index < -0.39 is 4.92 Å². The van der Waals surface area contributed by atoms with Crippen LogP contribution in [0.5, 0.6) is 0 Å². The highest BCUT2D eigenvalue weighted by Gasteiger charge is 2.21. The summed E-state index contributed by atoms with van der Waals surface area (Å²) in [6, 6.07) is 0. The Morgan fingerprint density at radius 3 is 2.71 bits per heavy atom. The number of aromatic nitrogens is 2. The number of hydrogen-bond donors (Lipinski definition) is 2. The summed E-state index contributed by atoms with van der Waals surface area (Å²) < 4.78 is 0. The van der Waals surface area contributed by atoms with Gasteiger partial charge in [0.2, 0.25) is 11.8 Å². The van der Waals surface area contributed by atoms with Crippen molar-refractivity contribution in [3.05, 3.63) is 16.3 Å². The topological polar surface area (TPSA) is 99.5 Å². The van der Waals surface area contributed by atoms with E-state index >= 15 is 0 Å². The molecule has 116 valence electrons. The third-order valence-electron chi connectivity index (χ3n) is 3.27. The Morgan fingerprint density at radius 2 is 2.10 bits per heavy atom. The first-order valence-corrected chi connectivity index (χ1v) is 7.05. The molecule has 2 N–H and O–H groups in total. The van der Waals surface area contributed by atoms with E-state index in [1.165, 1.54) is 6.20 Å². The van der Waals surface area contributed by atoms with Crippen LogP contribution in [0.4, 0.5) is 17.5 Å². The van der Waals surface area contributed by atoms with E-state index in [2.05, 4.69) is 32.7 Å². The molecule has 9 heteroatoms. The van der Waals surface area contributed by atoms with Gasteiger partial charge in [0.15, 0.2) is 0 Å². The monoisotopic (exact) mass is 295 g/mol. The fourth-order valence-electron chi connectivity index (χ4n) is 1.98. The lowest BCUT2D eigenvalue weighted by atomic mass is 10.4. The van der Waals surface area contributed by atoms with Crippen LogP contribution in [-0.2, 0) is 0 Å². The lowest BCUT2D eigenvalue weighted by Crippen LogP contribution is -2.47. The van der Waals surface area contributed by atoms with E-state index in [9.17, 15) is 10.1 Å². The Hall–Kier alpha value is -2.00. The maximum Gasteiger partial charge on any atom is 0.330 e. The molecule has 0 aliphatic carbocycles. The SMILES string of the molecule is CCCNc1ncc([N+](=O)[O-])c(NN2CCN(C)CC2)n1. The van der Waals surface area contributed by atoms with Crippen LogP contribution in [0.3, 0.4) is 0 Å². The molecule has 0 atom stereocenters. The van der Waals surface area contributed by atoms with E-state index in [1.807, 2.05) is 11.9 Å². The average Bonchev–Trinajstić information content (AvgIpc) is 2.47. The van der Waals surface area contributed by atoms with Crippen LogP contribution in [0.15, 0.2) is 6.20 Å². The lowest BCUT2D eigenvalue weighted by molar-refractivity contribution is -0.384. The molecule has 2 heterocycles. The third kappa shape index (κ3) is 4.23. The first kappa shape index (κ1) is 15.4. The second-order valence-corrected chi connectivity index (χ2v) is 5.01. The van der Waals surface area contributed by atoms with Gasteiger partial charge in [-0.1, -0.05) is 6.92 Å². The van der Waals surface area contributed by atoms with E-state index in [1.54, 1.807) is 0 Å². The van der Waals surface area contributed by atoms with Crippen molar-refractivity contribution in [1.82, 2.24) is 19.9 Å². The molecule has 0 spiro atoms. The number of rotatable bonds is 6. The molecule has 9 nitrogen and oxygen atoms in total. The van der Waals surface area contributed by atoms with Crippen molar-refractivity contribution in [3.63, 3.8) is 0 Å². The zero-order valence-corrected chi connectivity index (χ0v) is 12.4. The van der Waals surface area contributed by atoms with Crippen molar-refractivity contribution in [2.75, 3.05) is 50.5 Å². The Labute approximate surface area is 123 Å². The van der Waals surface area contributed by atoms with Crippen LogP contribution in [0.2, 0.25) is 0 Å². The molecule has 1 aliphatic heterocycles. The molecule has 0 radical (unpaired) electrons. The number of likely N-dealkylation sites (N-methyl/N-ethyl adjacent to an activating group) is 1. The van der Waals surface area contributed by atoms with Crippen LogP contribution >= 0.6 is 0 Å². The van der Waals surface area contributed by atoms with Gasteiger partial charge >= 0.3 is 5.69 Å². The molecule has 1 aromatic heterocycles. The largest absolute Gasteiger partial charge is 0.354 e. The first-order valence-electron chi connectivity index (χ1n) is 7.05. The minimum atomic E-state index is -0.470. The number of nitrogens with one attached hydrogen (secondary N) is 2. The molecule has 0 unspecified atom stereocenters. The van der Waals surface area contributed by atoms with Gasteiger partial charge in [-0.25, -0.2) is 9.99 Å². The highest BCUT2D eigenvalue weighted by Crippen LogP contribution is 2.22. The number of hydrogen-bond acceptors (Lipinski definition) is 8. The predicted molar refractivity (Wildman–Crippen MR) is 80.2 cm³/mol. The van der Waals surface area contributed by atoms with Gasteiger partial charge in [-0.15, -0.1) is 0 Å². The molecule has 2 rings (SSSR count). The minimum absolute atomic E-state index is 0.115. The summed E-state index contributed by atoms with van der Waals surface area (Å²) in [5.74, 6) is 0.636. The summed E-state index contributed by atoms with van der Waals surface area (Å²) in [7, 11) is 2.05. The van der Waals surface area contributed by atoms with Gasteiger partial charge in [0, 0.05) is 32.7 Å². The van der Waals surface area contributed by atoms with E-state index in [-0.39, 0.29) is 11.5 Å². The van der Waals surface area contributed by atoms with Crippen LogP contribution in [-0.4, -0.2) is 64.6 Å². The number of nitro groups is 1.